The first kappa shape index (κ1) is 14.2. The Morgan fingerprint density at radius 2 is 2.15 bits per heavy atom. The molecule has 0 spiro atoms. The molecule has 0 aliphatic carbocycles. The van der Waals surface area contributed by atoms with Crippen molar-refractivity contribution in [1.29, 1.82) is 0 Å². The van der Waals surface area contributed by atoms with E-state index in [0.717, 1.165) is 4.31 Å². The van der Waals surface area contributed by atoms with Crippen LogP contribution in [0.3, 0.4) is 0 Å². The van der Waals surface area contributed by atoms with E-state index in [1.165, 1.54) is 32.3 Å². The summed E-state index contributed by atoms with van der Waals surface area (Å²) in [6, 6.07) is 4.48. The number of aromatic nitrogens is 4. The van der Waals surface area contributed by atoms with Gasteiger partial charge in [0.05, 0.1) is 22.8 Å². The number of benzene rings is 1. The molecule has 0 fully saturated rings. The number of nitrogen functional groups attached to an aromatic ring is 1. The highest BCUT2D eigenvalue weighted by Crippen LogP contribution is 2.24. The normalized spacial score (nSPS) is 11.8. The second kappa shape index (κ2) is 5.43. The third-order valence-corrected chi connectivity index (χ3v) is 4.44. The third kappa shape index (κ3) is 2.86. The van der Waals surface area contributed by atoms with Crippen LogP contribution in [0.15, 0.2) is 23.1 Å². The summed E-state index contributed by atoms with van der Waals surface area (Å²) < 4.78 is 25.2. The summed E-state index contributed by atoms with van der Waals surface area (Å²) in [4.78, 5) is 0.160. The minimum Gasteiger partial charge on any atom is -0.397 e. The highest BCUT2D eigenvalue weighted by Gasteiger charge is 2.18. The second-order valence-electron chi connectivity index (χ2n) is 4.22. The van der Waals surface area contributed by atoms with E-state index in [2.05, 4.69) is 25.9 Å². The second-order valence-corrected chi connectivity index (χ2v) is 6.37. The number of nitrogens with two attached hydrogens (primary N) is 1. The molecule has 2 rings (SSSR count). The van der Waals surface area contributed by atoms with E-state index in [1.54, 1.807) is 0 Å². The maximum absolute atomic E-state index is 12.0. The molecule has 0 saturated carbocycles. The van der Waals surface area contributed by atoms with Crippen LogP contribution >= 0.6 is 0 Å². The van der Waals surface area contributed by atoms with E-state index in [4.69, 9.17) is 5.73 Å². The fourth-order valence-corrected chi connectivity index (χ4v) is 2.42. The summed E-state index contributed by atoms with van der Waals surface area (Å²) in [5, 5.41) is 16.3. The van der Waals surface area contributed by atoms with Crippen LogP contribution < -0.4 is 11.1 Å². The van der Waals surface area contributed by atoms with Crippen LogP contribution in [0.1, 0.15) is 5.82 Å². The molecule has 0 aliphatic heterocycles. The van der Waals surface area contributed by atoms with Gasteiger partial charge >= 0.3 is 0 Å². The molecule has 1 heterocycles. The van der Waals surface area contributed by atoms with Crippen LogP contribution in [0.25, 0.3) is 0 Å². The Morgan fingerprint density at radius 1 is 1.40 bits per heavy atom. The Balaban J connectivity index is 2.25. The number of nitrogens with zero attached hydrogens (tertiary/aromatic N) is 4. The molecule has 0 bridgehead atoms. The number of sulfonamides is 1. The fraction of sp³-hybridized carbons (Fsp3) is 0.300. The molecule has 108 valence electrons. The van der Waals surface area contributed by atoms with Crippen molar-refractivity contribution in [2.75, 3.05) is 25.1 Å². The number of aromatic amines is 1. The van der Waals surface area contributed by atoms with Crippen LogP contribution in [0.5, 0.6) is 0 Å². The minimum atomic E-state index is -3.50. The third-order valence-electron chi connectivity index (χ3n) is 2.63. The van der Waals surface area contributed by atoms with Gasteiger partial charge in [0.2, 0.25) is 10.0 Å². The lowest BCUT2D eigenvalue weighted by atomic mass is 10.2. The van der Waals surface area contributed by atoms with Crippen molar-refractivity contribution < 1.29 is 8.42 Å². The smallest absolute Gasteiger partial charge is 0.242 e. The van der Waals surface area contributed by atoms with Crippen molar-refractivity contribution >= 4 is 21.4 Å². The van der Waals surface area contributed by atoms with E-state index in [9.17, 15) is 8.42 Å². The summed E-state index contributed by atoms with van der Waals surface area (Å²) in [5.74, 6) is 0.449. The molecule has 20 heavy (non-hydrogen) atoms. The Bertz CT molecular complexity index is 682. The molecule has 0 atom stereocenters. The molecule has 0 amide bonds. The zero-order valence-electron chi connectivity index (χ0n) is 11.0. The number of tetrazole rings is 1. The van der Waals surface area contributed by atoms with Gasteiger partial charge in [-0.2, -0.15) is 5.21 Å². The number of anilines is 2. The largest absolute Gasteiger partial charge is 0.397 e. The Kier molecular flexibility index (Phi) is 3.86. The first-order chi connectivity index (χ1) is 9.41. The van der Waals surface area contributed by atoms with Crippen molar-refractivity contribution in [3.63, 3.8) is 0 Å². The van der Waals surface area contributed by atoms with Crippen LogP contribution in [-0.2, 0) is 16.6 Å². The highest BCUT2D eigenvalue weighted by molar-refractivity contribution is 7.89. The maximum Gasteiger partial charge on any atom is 0.242 e. The lowest BCUT2D eigenvalue weighted by Gasteiger charge is -2.14. The van der Waals surface area contributed by atoms with Crippen LogP contribution in [-0.4, -0.2) is 47.4 Å². The van der Waals surface area contributed by atoms with Gasteiger partial charge in [-0.05, 0) is 18.2 Å². The van der Waals surface area contributed by atoms with E-state index in [0.29, 0.717) is 17.2 Å². The number of nitrogens with one attached hydrogen (secondary N) is 2. The first-order valence-electron chi connectivity index (χ1n) is 5.69. The highest BCUT2D eigenvalue weighted by atomic mass is 32.2. The van der Waals surface area contributed by atoms with Crippen molar-refractivity contribution in [3.8, 4) is 0 Å². The van der Waals surface area contributed by atoms with Crippen molar-refractivity contribution in [3.05, 3.63) is 24.0 Å². The molecule has 1 aromatic heterocycles. The topological polar surface area (TPSA) is 130 Å². The van der Waals surface area contributed by atoms with Gasteiger partial charge in [-0.3, -0.25) is 0 Å². The van der Waals surface area contributed by atoms with Crippen molar-refractivity contribution in [2.24, 2.45) is 0 Å². The fourth-order valence-electron chi connectivity index (χ4n) is 1.49. The predicted octanol–water partition coefficient (Wildman–Crippen LogP) is -0.356. The number of hydrogen-bond donors (Lipinski definition) is 3. The Labute approximate surface area is 116 Å². The molecule has 10 heteroatoms. The number of H-pyrrole nitrogens is 1. The molecule has 2 aromatic rings. The molecular weight excluding hydrogens is 282 g/mol. The van der Waals surface area contributed by atoms with Gasteiger partial charge in [0, 0.05) is 14.1 Å². The maximum atomic E-state index is 12.0. The van der Waals surface area contributed by atoms with E-state index >= 15 is 0 Å². The van der Waals surface area contributed by atoms with Gasteiger partial charge in [0.1, 0.15) is 0 Å². The number of rotatable bonds is 5. The lowest BCUT2D eigenvalue weighted by Crippen LogP contribution is -2.22. The van der Waals surface area contributed by atoms with Gasteiger partial charge in [0.25, 0.3) is 0 Å². The lowest BCUT2D eigenvalue weighted by molar-refractivity contribution is 0.521. The van der Waals surface area contributed by atoms with E-state index in [1.807, 2.05) is 0 Å². The molecule has 9 nitrogen and oxygen atoms in total. The summed E-state index contributed by atoms with van der Waals surface area (Å²) >= 11 is 0. The molecule has 0 radical (unpaired) electrons. The molecule has 0 aliphatic rings. The average Bonchev–Trinajstić information content (AvgIpc) is 2.90. The SMILES string of the molecule is CN(C)S(=O)(=O)c1ccc(N)c(NCc2nn[nH]n2)c1. The number of hydrogen-bond acceptors (Lipinski definition) is 7. The van der Waals surface area contributed by atoms with Gasteiger partial charge in [-0.1, -0.05) is 5.21 Å². The van der Waals surface area contributed by atoms with Crippen LogP contribution in [0.4, 0.5) is 11.4 Å². The molecule has 0 saturated heterocycles. The monoisotopic (exact) mass is 297 g/mol. The first-order valence-corrected chi connectivity index (χ1v) is 7.13. The van der Waals surface area contributed by atoms with Gasteiger partial charge in [-0.15, -0.1) is 10.2 Å². The Hall–Kier alpha value is -2.20. The Morgan fingerprint density at radius 3 is 2.75 bits per heavy atom. The zero-order valence-corrected chi connectivity index (χ0v) is 11.8. The summed E-state index contributed by atoms with van der Waals surface area (Å²) in [6.07, 6.45) is 0. The van der Waals surface area contributed by atoms with Crippen molar-refractivity contribution in [2.45, 2.75) is 11.4 Å². The van der Waals surface area contributed by atoms with Gasteiger partial charge < -0.3 is 11.1 Å². The quantitative estimate of drug-likeness (QED) is 0.643. The van der Waals surface area contributed by atoms with E-state index in [-0.39, 0.29) is 11.4 Å². The van der Waals surface area contributed by atoms with E-state index < -0.39 is 10.0 Å². The summed E-state index contributed by atoms with van der Waals surface area (Å²) in [7, 11) is -0.560. The van der Waals surface area contributed by atoms with Crippen LogP contribution in [0.2, 0.25) is 0 Å². The minimum absolute atomic E-state index is 0.160. The average molecular weight is 297 g/mol. The molecule has 0 unspecified atom stereocenters. The summed E-state index contributed by atoms with van der Waals surface area (Å²) in [5.41, 5.74) is 6.75. The molecule has 4 N–H and O–H groups in total. The van der Waals surface area contributed by atoms with Crippen LogP contribution in [0, 0.1) is 0 Å². The van der Waals surface area contributed by atoms with Gasteiger partial charge in [-0.25, -0.2) is 12.7 Å². The van der Waals surface area contributed by atoms with Crippen molar-refractivity contribution in [1.82, 2.24) is 24.9 Å². The molecule has 1 aromatic carbocycles. The molecular formula is C10H15N7O2S. The summed E-state index contributed by atoms with van der Waals surface area (Å²) in [6.45, 7) is 0.284. The zero-order chi connectivity index (χ0) is 14.8. The standard InChI is InChI=1S/C10H15N7O2S/c1-17(2)20(18,19)7-3-4-8(11)9(5-7)12-6-10-13-15-16-14-10/h3-5,12H,6,11H2,1-2H3,(H,13,14,15,16). The predicted molar refractivity (Wildman–Crippen MR) is 73.2 cm³/mol. The van der Waals surface area contributed by atoms with Gasteiger partial charge in [0.15, 0.2) is 5.82 Å².